The lowest BCUT2D eigenvalue weighted by molar-refractivity contribution is -0.0499. The first-order chi connectivity index (χ1) is 12.4. The Balaban J connectivity index is 1.75. The maximum atomic E-state index is 12.5. The second kappa shape index (κ2) is 7.51. The minimum Gasteiger partial charge on any atom is -0.435 e. The van der Waals surface area contributed by atoms with E-state index >= 15 is 0 Å². The molecule has 1 aliphatic rings. The molecule has 7 heteroatoms. The molecular weight excluding hydrogens is 342 g/mol. The van der Waals surface area contributed by atoms with Gasteiger partial charge in [-0.1, -0.05) is 6.07 Å². The van der Waals surface area contributed by atoms with E-state index in [1.54, 1.807) is 24.3 Å². The number of fused-ring (bicyclic) bond motifs is 1. The molecule has 0 saturated heterocycles. The van der Waals surface area contributed by atoms with Gasteiger partial charge in [0.05, 0.1) is 6.04 Å². The van der Waals surface area contributed by atoms with Crippen LogP contribution >= 0.6 is 0 Å². The number of ether oxygens (including phenoxy) is 1. The summed E-state index contributed by atoms with van der Waals surface area (Å²) in [6.07, 6.45) is 2.33. The Hall–Kier alpha value is -2.96. The molecule has 3 rings (SSSR count). The first-order valence-corrected chi connectivity index (χ1v) is 8.22. The van der Waals surface area contributed by atoms with Crippen LogP contribution in [0.5, 0.6) is 5.75 Å². The average molecular weight is 360 g/mol. The van der Waals surface area contributed by atoms with Gasteiger partial charge in [0.1, 0.15) is 5.75 Å². The summed E-state index contributed by atoms with van der Waals surface area (Å²) < 4.78 is 29.2. The van der Waals surface area contributed by atoms with Crippen molar-refractivity contribution in [2.24, 2.45) is 5.73 Å². The Bertz CT molecular complexity index is 822. The molecule has 2 aromatic carbocycles. The molecule has 0 fully saturated rings. The van der Waals surface area contributed by atoms with Crippen LogP contribution < -0.4 is 15.8 Å². The molecule has 2 amide bonds. The van der Waals surface area contributed by atoms with Crippen LogP contribution in [0, 0.1) is 0 Å². The highest BCUT2D eigenvalue weighted by Crippen LogP contribution is 2.32. The second-order valence-corrected chi connectivity index (χ2v) is 6.10. The van der Waals surface area contributed by atoms with Gasteiger partial charge in [0.15, 0.2) is 0 Å². The highest BCUT2D eigenvalue weighted by Gasteiger charge is 2.23. The van der Waals surface area contributed by atoms with Gasteiger partial charge in [-0.15, -0.1) is 0 Å². The first kappa shape index (κ1) is 17.8. The van der Waals surface area contributed by atoms with E-state index in [0.717, 1.165) is 30.4 Å². The van der Waals surface area contributed by atoms with Crippen LogP contribution in [0.4, 0.5) is 8.78 Å². The van der Waals surface area contributed by atoms with Crippen molar-refractivity contribution >= 4 is 11.8 Å². The van der Waals surface area contributed by atoms with Gasteiger partial charge in [0.2, 0.25) is 5.91 Å². The topological polar surface area (TPSA) is 81.4 Å². The van der Waals surface area contributed by atoms with Crippen LogP contribution in [-0.2, 0) is 6.42 Å². The Morgan fingerprint density at radius 1 is 1.12 bits per heavy atom. The van der Waals surface area contributed by atoms with E-state index in [9.17, 15) is 18.4 Å². The summed E-state index contributed by atoms with van der Waals surface area (Å²) in [5, 5.41) is 2.96. The predicted molar refractivity (Wildman–Crippen MR) is 91.2 cm³/mol. The molecule has 0 bridgehead atoms. The molecule has 3 N–H and O–H groups in total. The maximum Gasteiger partial charge on any atom is 0.387 e. The molecule has 0 radical (unpaired) electrons. The maximum absolute atomic E-state index is 12.5. The first-order valence-electron chi connectivity index (χ1n) is 8.22. The van der Waals surface area contributed by atoms with Gasteiger partial charge in [-0.3, -0.25) is 9.59 Å². The molecule has 0 spiro atoms. The quantitative estimate of drug-likeness (QED) is 0.859. The van der Waals surface area contributed by atoms with Gasteiger partial charge in [-0.25, -0.2) is 0 Å². The van der Waals surface area contributed by atoms with E-state index < -0.39 is 12.5 Å². The minimum atomic E-state index is -2.87. The Morgan fingerprint density at radius 2 is 1.81 bits per heavy atom. The summed E-state index contributed by atoms with van der Waals surface area (Å²) in [6.45, 7) is -2.87. The second-order valence-electron chi connectivity index (χ2n) is 6.10. The zero-order valence-electron chi connectivity index (χ0n) is 13.9. The number of amides is 2. The van der Waals surface area contributed by atoms with Crippen LogP contribution in [0.3, 0.4) is 0 Å². The minimum absolute atomic E-state index is 0.118. The Kier molecular flexibility index (Phi) is 5.16. The number of primary amides is 1. The number of hydrogen-bond acceptors (Lipinski definition) is 3. The van der Waals surface area contributed by atoms with Crippen molar-refractivity contribution in [3.05, 3.63) is 64.7 Å². The summed E-state index contributed by atoms with van der Waals surface area (Å²) in [4.78, 5) is 23.6. The number of hydrogen-bond donors (Lipinski definition) is 2. The van der Waals surface area contributed by atoms with E-state index in [2.05, 4.69) is 10.1 Å². The third-order valence-corrected chi connectivity index (χ3v) is 4.39. The number of rotatable bonds is 5. The van der Waals surface area contributed by atoms with Crippen molar-refractivity contribution in [3.8, 4) is 5.75 Å². The highest BCUT2D eigenvalue weighted by atomic mass is 19.3. The van der Waals surface area contributed by atoms with Crippen molar-refractivity contribution in [1.29, 1.82) is 0 Å². The number of halogens is 2. The summed E-state index contributed by atoms with van der Waals surface area (Å²) in [7, 11) is 0. The van der Waals surface area contributed by atoms with E-state index in [1.165, 1.54) is 18.2 Å². The average Bonchev–Trinajstić information content (AvgIpc) is 2.61. The molecule has 0 aliphatic heterocycles. The molecule has 5 nitrogen and oxygen atoms in total. The van der Waals surface area contributed by atoms with Crippen LogP contribution in [-0.4, -0.2) is 18.4 Å². The molecule has 1 atom stereocenters. The molecule has 0 unspecified atom stereocenters. The number of nitrogens with two attached hydrogens (primary N) is 1. The fourth-order valence-electron chi connectivity index (χ4n) is 3.14. The van der Waals surface area contributed by atoms with Crippen molar-refractivity contribution in [2.45, 2.75) is 31.9 Å². The van der Waals surface area contributed by atoms with Crippen LogP contribution in [0.25, 0.3) is 0 Å². The molecule has 0 aromatic heterocycles. The lowest BCUT2D eigenvalue weighted by Crippen LogP contribution is -2.31. The fraction of sp³-hybridized carbons (Fsp3) is 0.263. The van der Waals surface area contributed by atoms with Crippen molar-refractivity contribution in [1.82, 2.24) is 5.32 Å². The van der Waals surface area contributed by atoms with Crippen LogP contribution in [0.15, 0.2) is 42.5 Å². The lowest BCUT2D eigenvalue weighted by Gasteiger charge is -2.27. The molecular formula is C19H18F2N2O3. The van der Waals surface area contributed by atoms with Crippen molar-refractivity contribution in [2.75, 3.05) is 0 Å². The fourth-order valence-corrected chi connectivity index (χ4v) is 3.14. The van der Waals surface area contributed by atoms with Gasteiger partial charge in [0, 0.05) is 11.1 Å². The standard InChI is InChI=1S/C19H18F2N2O3/c20-19(21)26-14-8-9-15-13(10-14)2-1-3-16(15)23-18(25)12-6-4-11(5-7-12)17(22)24/h4-10,16,19H,1-3H2,(H2,22,24)(H,23,25)/t16-/m1/s1. The lowest BCUT2D eigenvalue weighted by atomic mass is 9.87. The number of aryl methyl sites for hydroxylation is 1. The molecule has 0 saturated carbocycles. The van der Waals surface area contributed by atoms with Crippen LogP contribution in [0.1, 0.15) is 50.7 Å². The zero-order valence-corrected chi connectivity index (χ0v) is 13.9. The molecule has 1 aliphatic carbocycles. The summed E-state index contributed by atoms with van der Waals surface area (Å²) in [6, 6.07) is 10.7. The summed E-state index contributed by atoms with van der Waals surface area (Å²) >= 11 is 0. The van der Waals surface area contributed by atoms with Crippen LogP contribution in [0.2, 0.25) is 0 Å². The summed E-state index contributed by atoms with van der Waals surface area (Å²) in [5.74, 6) is -0.709. The predicted octanol–water partition coefficient (Wildman–Crippen LogP) is 3.19. The highest BCUT2D eigenvalue weighted by molar-refractivity contribution is 5.97. The monoisotopic (exact) mass is 360 g/mol. The van der Waals surface area contributed by atoms with E-state index in [-0.39, 0.29) is 17.7 Å². The molecule has 26 heavy (non-hydrogen) atoms. The number of carbonyl (C=O) groups excluding carboxylic acids is 2. The van der Waals surface area contributed by atoms with E-state index in [4.69, 9.17) is 5.73 Å². The Labute approximate surface area is 149 Å². The third kappa shape index (κ3) is 3.99. The number of carbonyl (C=O) groups is 2. The Morgan fingerprint density at radius 3 is 2.46 bits per heavy atom. The number of benzene rings is 2. The van der Waals surface area contributed by atoms with Gasteiger partial charge in [-0.05, 0) is 66.8 Å². The molecule has 136 valence electrons. The summed E-state index contributed by atoms with van der Waals surface area (Å²) in [5.41, 5.74) is 7.73. The van der Waals surface area contributed by atoms with Gasteiger partial charge >= 0.3 is 6.61 Å². The van der Waals surface area contributed by atoms with Gasteiger partial charge in [0.25, 0.3) is 5.91 Å². The number of nitrogens with one attached hydrogen (secondary N) is 1. The van der Waals surface area contributed by atoms with Gasteiger partial charge in [-0.2, -0.15) is 8.78 Å². The van der Waals surface area contributed by atoms with E-state index in [1.807, 2.05) is 0 Å². The third-order valence-electron chi connectivity index (χ3n) is 4.39. The van der Waals surface area contributed by atoms with Crippen molar-refractivity contribution in [3.63, 3.8) is 0 Å². The normalized spacial score (nSPS) is 16.0. The van der Waals surface area contributed by atoms with E-state index in [0.29, 0.717) is 11.1 Å². The van der Waals surface area contributed by atoms with Gasteiger partial charge < -0.3 is 15.8 Å². The van der Waals surface area contributed by atoms with Crippen molar-refractivity contribution < 1.29 is 23.1 Å². The zero-order chi connectivity index (χ0) is 18.7. The largest absolute Gasteiger partial charge is 0.435 e. The number of alkyl halides is 2. The molecule has 0 heterocycles. The SMILES string of the molecule is NC(=O)c1ccc(C(=O)N[C@@H]2CCCc3cc(OC(F)F)ccc32)cc1. The smallest absolute Gasteiger partial charge is 0.387 e. The molecule has 2 aromatic rings.